The minimum Gasteiger partial charge on any atom is -0.378 e. The van der Waals surface area contributed by atoms with Crippen molar-refractivity contribution >= 4 is 17.5 Å². The lowest BCUT2D eigenvalue weighted by Crippen LogP contribution is -2.42. The summed E-state index contributed by atoms with van der Waals surface area (Å²) in [6.07, 6.45) is 0.618. The Labute approximate surface area is 188 Å². The molecule has 6 nitrogen and oxygen atoms in total. The molecule has 1 aromatic heterocycles. The number of H-pyrrole nitrogens is 1. The van der Waals surface area contributed by atoms with Crippen LogP contribution in [0, 0.1) is 5.82 Å². The predicted octanol–water partition coefficient (Wildman–Crippen LogP) is 3.26. The van der Waals surface area contributed by atoms with Crippen LogP contribution in [0.4, 0.5) is 4.39 Å². The fourth-order valence-corrected chi connectivity index (χ4v) is 4.60. The van der Waals surface area contributed by atoms with E-state index in [0.29, 0.717) is 40.6 Å². The number of benzene rings is 2. The molecule has 2 aromatic carbocycles. The van der Waals surface area contributed by atoms with Gasteiger partial charge in [-0.25, -0.2) is 9.37 Å². The van der Waals surface area contributed by atoms with E-state index in [1.54, 1.807) is 30.3 Å². The van der Waals surface area contributed by atoms with E-state index < -0.39 is 17.4 Å². The molecule has 8 heteroatoms. The summed E-state index contributed by atoms with van der Waals surface area (Å²) in [7, 11) is 0. The van der Waals surface area contributed by atoms with Crippen molar-refractivity contribution in [2.75, 3.05) is 6.54 Å². The van der Waals surface area contributed by atoms with Crippen molar-refractivity contribution in [3.05, 3.63) is 97.9 Å². The van der Waals surface area contributed by atoms with E-state index in [-0.39, 0.29) is 17.9 Å². The highest BCUT2D eigenvalue weighted by molar-refractivity contribution is 6.30. The Morgan fingerprint density at radius 2 is 2.00 bits per heavy atom. The number of nitrogens with one attached hydrogen (secondary N) is 1. The summed E-state index contributed by atoms with van der Waals surface area (Å²) in [5.74, 6) is -0.257. The molecule has 1 amide bonds. The van der Waals surface area contributed by atoms with Gasteiger partial charge in [0, 0.05) is 18.0 Å². The number of hydrogen-bond acceptors (Lipinski definition) is 4. The first-order valence-electron chi connectivity index (χ1n) is 10.5. The molecule has 1 saturated carbocycles. The number of aromatic nitrogens is 2. The standard InChI is InChI=1S/C24H21ClFN3O3/c25-16-5-1-3-14(11-16)20(30)22(32)29-10-7-19-18(13-29)21(31)28-23(27-19)24(8-9-24)15-4-2-6-17(26)12-15/h1-6,11-12,20,30H,7-10,13H2,(H,27,28,31). The number of aromatic amines is 1. The number of carbonyl (C=O) groups is 1. The quantitative estimate of drug-likeness (QED) is 0.635. The number of aliphatic hydroxyl groups is 1. The molecule has 1 fully saturated rings. The molecule has 0 saturated heterocycles. The van der Waals surface area contributed by atoms with E-state index >= 15 is 0 Å². The lowest BCUT2D eigenvalue weighted by Gasteiger charge is -2.30. The first-order chi connectivity index (χ1) is 15.4. The topological polar surface area (TPSA) is 86.3 Å². The lowest BCUT2D eigenvalue weighted by atomic mass is 9.94. The zero-order chi connectivity index (χ0) is 22.5. The number of amides is 1. The third-order valence-corrected chi connectivity index (χ3v) is 6.59. The SMILES string of the molecule is O=C(C(O)c1cccc(Cl)c1)N1CCc2nc(C3(c4cccc(F)c4)CC3)[nH]c(=O)c2C1. The number of aliphatic hydroxyl groups excluding tert-OH is 1. The molecule has 3 aromatic rings. The Bertz CT molecular complexity index is 1270. The minimum atomic E-state index is -1.36. The van der Waals surface area contributed by atoms with E-state index in [4.69, 9.17) is 16.6 Å². The molecule has 1 aliphatic heterocycles. The Morgan fingerprint density at radius 1 is 1.22 bits per heavy atom. The maximum atomic E-state index is 13.8. The lowest BCUT2D eigenvalue weighted by molar-refractivity contribution is -0.141. The Balaban J connectivity index is 1.41. The molecular formula is C24H21ClFN3O3. The average Bonchev–Trinajstić information content (AvgIpc) is 3.60. The number of halogens is 2. The van der Waals surface area contributed by atoms with Crippen LogP contribution < -0.4 is 5.56 Å². The molecule has 1 atom stereocenters. The number of fused-ring (bicyclic) bond motifs is 1. The van der Waals surface area contributed by atoms with Crippen molar-refractivity contribution in [1.29, 1.82) is 0 Å². The van der Waals surface area contributed by atoms with Gasteiger partial charge in [0.25, 0.3) is 11.5 Å². The number of nitrogens with zero attached hydrogens (tertiary/aromatic N) is 2. The van der Waals surface area contributed by atoms with Crippen molar-refractivity contribution in [3.8, 4) is 0 Å². The van der Waals surface area contributed by atoms with E-state index in [0.717, 1.165) is 18.4 Å². The first-order valence-corrected chi connectivity index (χ1v) is 10.9. The molecule has 2 heterocycles. The summed E-state index contributed by atoms with van der Waals surface area (Å²) in [6, 6.07) is 12.9. The molecule has 0 spiro atoms. The molecule has 32 heavy (non-hydrogen) atoms. The summed E-state index contributed by atoms with van der Waals surface area (Å²) >= 11 is 5.97. The van der Waals surface area contributed by atoms with Crippen LogP contribution in [0.3, 0.4) is 0 Å². The van der Waals surface area contributed by atoms with Gasteiger partial charge in [0.2, 0.25) is 0 Å². The van der Waals surface area contributed by atoms with Crippen LogP contribution >= 0.6 is 11.6 Å². The van der Waals surface area contributed by atoms with Gasteiger partial charge in [0.05, 0.1) is 23.2 Å². The molecular weight excluding hydrogens is 433 g/mol. The maximum Gasteiger partial charge on any atom is 0.256 e. The van der Waals surface area contributed by atoms with E-state index in [1.807, 2.05) is 6.07 Å². The molecule has 0 bridgehead atoms. The van der Waals surface area contributed by atoms with Crippen LogP contribution in [-0.2, 0) is 23.2 Å². The van der Waals surface area contributed by atoms with Crippen molar-refractivity contribution in [1.82, 2.24) is 14.9 Å². The molecule has 2 aliphatic rings. The molecule has 0 radical (unpaired) electrons. The fraction of sp³-hybridized carbons (Fsp3) is 0.292. The summed E-state index contributed by atoms with van der Waals surface area (Å²) in [5.41, 5.74) is 1.50. The van der Waals surface area contributed by atoms with Gasteiger partial charge in [-0.2, -0.15) is 0 Å². The van der Waals surface area contributed by atoms with Gasteiger partial charge >= 0.3 is 0 Å². The fourth-order valence-electron chi connectivity index (χ4n) is 4.41. The van der Waals surface area contributed by atoms with Crippen LogP contribution in [0.2, 0.25) is 5.02 Å². The van der Waals surface area contributed by atoms with E-state index in [1.165, 1.54) is 17.0 Å². The Hall–Kier alpha value is -3.03. The van der Waals surface area contributed by atoms with Gasteiger partial charge < -0.3 is 15.0 Å². The van der Waals surface area contributed by atoms with Gasteiger partial charge in [-0.1, -0.05) is 35.9 Å². The van der Waals surface area contributed by atoms with Gasteiger partial charge in [0.1, 0.15) is 11.6 Å². The number of carbonyl (C=O) groups excluding carboxylic acids is 1. The maximum absolute atomic E-state index is 13.8. The summed E-state index contributed by atoms with van der Waals surface area (Å²) in [4.78, 5) is 34.8. The van der Waals surface area contributed by atoms with Crippen molar-refractivity contribution in [2.45, 2.75) is 37.3 Å². The highest BCUT2D eigenvalue weighted by Gasteiger charge is 2.49. The zero-order valence-corrected chi connectivity index (χ0v) is 17.9. The highest BCUT2D eigenvalue weighted by Crippen LogP contribution is 2.52. The largest absolute Gasteiger partial charge is 0.378 e. The summed E-state index contributed by atoms with van der Waals surface area (Å²) < 4.78 is 13.8. The van der Waals surface area contributed by atoms with Crippen molar-refractivity contribution < 1.29 is 14.3 Å². The van der Waals surface area contributed by atoms with Crippen LogP contribution in [-0.4, -0.2) is 32.4 Å². The van der Waals surface area contributed by atoms with E-state index in [2.05, 4.69) is 4.98 Å². The van der Waals surface area contributed by atoms with Gasteiger partial charge in [-0.05, 0) is 48.2 Å². The van der Waals surface area contributed by atoms with Crippen LogP contribution in [0.1, 0.15) is 47.2 Å². The van der Waals surface area contributed by atoms with Crippen molar-refractivity contribution in [2.24, 2.45) is 0 Å². The summed E-state index contributed by atoms with van der Waals surface area (Å²) in [6.45, 7) is 0.410. The normalized spacial score (nSPS) is 17.5. The summed E-state index contributed by atoms with van der Waals surface area (Å²) in [5, 5.41) is 10.9. The van der Waals surface area contributed by atoms with Crippen LogP contribution in [0.25, 0.3) is 0 Å². The third kappa shape index (κ3) is 3.61. The minimum absolute atomic E-state index is 0.0708. The molecule has 164 valence electrons. The van der Waals surface area contributed by atoms with Crippen LogP contribution in [0.15, 0.2) is 53.3 Å². The zero-order valence-electron chi connectivity index (χ0n) is 17.1. The predicted molar refractivity (Wildman–Crippen MR) is 117 cm³/mol. The number of rotatable bonds is 4. The van der Waals surface area contributed by atoms with Gasteiger partial charge in [-0.15, -0.1) is 0 Å². The smallest absolute Gasteiger partial charge is 0.256 e. The monoisotopic (exact) mass is 453 g/mol. The van der Waals surface area contributed by atoms with Crippen molar-refractivity contribution in [3.63, 3.8) is 0 Å². The third-order valence-electron chi connectivity index (χ3n) is 6.36. The Kier molecular flexibility index (Phi) is 5.10. The number of hydrogen-bond donors (Lipinski definition) is 2. The van der Waals surface area contributed by atoms with Gasteiger partial charge in [0.15, 0.2) is 6.10 Å². The van der Waals surface area contributed by atoms with Gasteiger partial charge in [-0.3, -0.25) is 9.59 Å². The second-order valence-electron chi connectivity index (χ2n) is 8.40. The molecule has 2 N–H and O–H groups in total. The Morgan fingerprint density at radius 3 is 2.72 bits per heavy atom. The average molecular weight is 454 g/mol. The second-order valence-corrected chi connectivity index (χ2v) is 8.84. The van der Waals surface area contributed by atoms with Crippen LogP contribution in [0.5, 0.6) is 0 Å². The molecule has 5 rings (SSSR count). The first kappa shape index (κ1) is 20.8. The van der Waals surface area contributed by atoms with E-state index in [9.17, 15) is 19.1 Å². The second kappa shape index (κ2) is 7.83. The molecule has 1 aliphatic carbocycles. The highest BCUT2D eigenvalue weighted by atomic mass is 35.5. The molecule has 1 unspecified atom stereocenters.